The molecule has 0 heterocycles. The highest BCUT2D eigenvalue weighted by Gasteiger charge is 2.09. The van der Waals surface area contributed by atoms with E-state index in [4.69, 9.17) is 14.2 Å². The van der Waals surface area contributed by atoms with Gasteiger partial charge in [-0.05, 0) is 49.7 Å². The highest BCUT2D eigenvalue weighted by atomic mass is 16.5. The molecule has 0 atom stereocenters. The highest BCUT2D eigenvalue weighted by Crippen LogP contribution is 2.27. The standard InChI is InChI=1S/C20H23NO5/c1-3-24-19-12-16(13-22)7-8-18(19)26-14-20(23)21-9-10-25-17-6-4-5-15(2)11-17/h4-8,11-13H,3,9-10,14H2,1-2H3,(H,21,23). The third-order valence-electron chi connectivity index (χ3n) is 3.44. The van der Waals surface area contributed by atoms with Gasteiger partial charge in [0.1, 0.15) is 18.6 Å². The van der Waals surface area contributed by atoms with E-state index in [1.807, 2.05) is 38.1 Å². The Morgan fingerprint density at radius 2 is 1.92 bits per heavy atom. The van der Waals surface area contributed by atoms with E-state index in [0.717, 1.165) is 17.6 Å². The fraction of sp³-hybridized carbons (Fsp3) is 0.300. The highest BCUT2D eigenvalue weighted by molar-refractivity contribution is 5.78. The largest absolute Gasteiger partial charge is 0.492 e. The summed E-state index contributed by atoms with van der Waals surface area (Å²) < 4.78 is 16.5. The van der Waals surface area contributed by atoms with Crippen molar-refractivity contribution in [3.05, 3.63) is 53.6 Å². The second-order valence-electron chi connectivity index (χ2n) is 5.56. The van der Waals surface area contributed by atoms with Crippen molar-refractivity contribution in [2.24, 2.45) is 0 Å². The van der Waals surface area contributed by atoms with Gasteiger partial charge in [-0.1, -0.05) is 12.1 Å². The maximum Gasteiger partial charge on any atom is 0.258 e. The van der Waals surface area contributed by atoms with Crippen LogP contribution in [0.3, 0.4) is 0 Å². The van der Waals surface area contributed by atoms with Gasteiger partial charge in [0.2, 0.25) is 0 Å². The molecule has 138 valence electrons. The number of nitrogens with one attached hydrogen (secondary N) is 1. The molecule has 2 aromatic carbocycles. The van der Waals surface area contributed by atoms with Gasteiger partial charge in [0, 0.05) is 5.56 Å². The zero-order valence-corrected chi connectivity index (χ0v) is 15.0. The van der Waals surface area contributed by atoms with Gasteiger partial charge in [-0.15, -0.1) is 0 Å². The Morgan fingerprint density at radius 3 is 2.65 bits per heavy atom. The second kappa shape index (κ2) is 10.1. The van der Waals surface area contributed by atoms with Crippen LogP contribution in [0.5, 0.6) is 17.2 Å². The molecule has 1 N–H and O–H groups in total. The lowest BCUT2D eigenvalue weighted by Gasteiger charge is -2.12. The lowest BCUT2D eigenvalue weighted by Crippen LogP contribution is -2.32. The number of hydrogen-bond acceptors (Lipinski definition) is 5. The van der Waals surface area contributed by atoms with E-state index in [1.165, 1.54) is 0 Å². The fourth-order valence-electron chi connectivity index (χ4n) is 2.24. The molecular formula is C20H23NO5. The Morgan fingerprint density at radius 1 is 1.08 bits per heavy atom. The van der Waals surface area contributed by atoms with Crippen molar-refractivity contribution in [1.29, 1.82) is 0 Å². The third-order valence-corrected chi connectivity index (χ3v) is 3.44. The number of aryl methyl sites for hydroxylation is 1. The van der Waals surface area contributed by atoms with E-state index in [9.17, 15) is 9.59 Å². The van der Waals surface area contributed by atoms with Crippen LogP contribution in [0.2, 0.25) is 0 Å². The van der Waals surface area contributed by atoms with Crippen LogP contribution in [0.1, 0.15) is 22.8 Å². The number of ether oxygens (including phenoxy) is 3. The summed E-state index contributed by atoms with van der Waals surface area (Å²) in [5.74, 6) is 1.36. The topological polar surface area (TPSA) is 73.9 Å². The summed E-state index contributed by atoms with van der Waals surface area (Å²) in [5, 5.41) is 2.73. The molecule has 0 spiro atoms. The minimum Gasteiger partial charge on any atom is -0.492 e. The van der Waals surface area contributed by atoms with Crippen molar-refractivity contribution >= 4 is 12.2 Å². The van der Waals surface area contributed by atoms with Crippen molar-refractivity contribution in [3.63, 3.8) is 0 Å². The molecule has 0 saturated heterocycles. The number of rotatable bonds is 10. The summed E-state index contributed by atoms with van der Waals surface area (Å²) >= 11 is 0. The number of carbonyl (C=O) groups is 2. The summed E-state index contributed by atoms with van der Waals surface area (Å²) in [5.41, 5.74) is 1.60. The van der Waals surface area contributed by atoms with Crippen molar-refractivity contribution in [3.8, 4) is 17.2 Å². The lowest BCUT2D eigenvalue weighted by molar-refractivity contribution is -0.123. The Bertz CT molecular complexity index is 745. The van der Waals surface area contributed by atoms with Gasteiger partial charge in [-0.3, -0.25) is 9.59 Å². The molecule has 0 fully saturated rings. The fourth-order valence-corrected chi connectivity index (χ4v) is 2.24. The molecule has 26 heavy (non-hydrogen) atoms. The maximum atomic E-state index is 11.9. The van der Waals surface area contributed by atoms with Gasteiger partial charge < -0.3 is 19.5 Å². The van der Waals surface area contributed by atoms with Gasteiger partial charge >= 0.3 is 0 Å². The Kier molecular flexibility index (Phi) is 7.49. The molecule has 0 aromatic heterocycles. The molecule has 2 rings (SSSR count). The number of amides is 1. The van der Waals surface area contributed by atoms with Crippen LogP contribution in [0.25, 0.3) is 0 Å². The van der Waals surface area contributed by atoms with E-state index in [-0.39, 0.29) is 12.5 Å². The van der Waals surface area contributed by atoms with Crippen LogP contribution in [-0.4, -0.2) is 38.6 Å². The maximum absolute atomic E-state index is 11.9. The van der Waals surface area contributed by atoms with Gasteiger partial charge in [0.15, 0.2) is 18.1 Å². The van der Waals surface area contributed by atoms with Gasteiger partial charge in [0.05, 0.1) is 13.2 Å². The summed E-state index contributed by atoms with van der Waals surface area (Å²) in [7, 11) is 0. The average Bonchev–Trinajstić information content (AvgIpc) is 2.64. The molecule has 0 radical (unpaired) electrons. The van der Waals surface area contributed by atoms with Crippen molar-refractivity contribution in [2.75, 3.05) is 26.4 Å². The number of carbonyl (C=O) groups excluding carboxylic acids is 2. The first-order valence-corrected chi connectivity index (χ1v) is 8.43. The zero-order valence-electron chi connectivity index (χ0n) is 15.0. The summed E-state index contributed by atoms with van der Waals surface area (Å²) in [6.07, 6.45) is 0.729. The first kappa shape index (κ1) is 19.3. The molecule has 0 unspecified atom stereocenters. The summed E-state index contributed by atoms with van der Waals surface area (Å²) in [4.78, 5) is 22.7. The van der Waals surface area contributed by atoms with Crippen LogP contribution in [-0.2, 0) is 4.79 Å². The molecule has 6 nitrogen and oxygen atoms in total. The van der Waals surface area contributed by atoms with Crippen LogP contribution in [0.4, 0.5) is 0 Å². The predicted octanol–water partition coefficient (Wildman–Crippen LogP) is 2.78. The normalized spacial score (nSPS) is 10.1. The van der Waals surface area contributed by atoms with Crippen molar-refractivity contribution < 1.29 is 23.8 Å². The van der Waals surface area contributed by atoms with E-state index >= 15 is 0 Å². The van der Waals surface area contributed by atoms with Crippen LogP contribution in [0.15, 0.2) is 42.5 Å². The molecular weight excluding hydrogens is 334 g/mol. The summed E-state index contributed by atoms with van der Waals surface area (Å²) in [6.45, 7) is 4.85. The van der Waals surface area contributed by atoms with E-state index < -0.39 is 0 Å². The van der Waals surface area contributed by atoms with Crippen molar-refractivity contribution in [1.82, 2.24) is 5.32 Å². The Hall–Kier alpha value is -3.02. The molecule has 6 heteroatoms. The first-order valence-electron chi connectivity index (χ1n) is 8.43. The molecule has 0 bridgehead atoms. The molecule has 2 aromatic rings. The second-order valence-corrected chi connectivity index (χ2v) is 5.56. The molecule has 0 saturated carbocycles. The lowest BCUT2D eigenvalue weighted by atomic mass is 10.2. The number of hydrogen-bond donors (Lipinski definition) is 1. The summed E-state index contributed by atoms with van der Waals surface area (Å²) in [6, 6.07) is 12.5. The monoisotopic (exact) mass is 357 g/mol. The molecule has 0 aliphatic rings. The number of benzene rings is 2. The minimum atomic E-state index is -0.264. The van der Waals surface area contributed by atoms with Crippen molar-refractivity contribution in [2.45, 2.75) is 13.8 Å². The van der Waals surface area contributed by atoms with Crippen LogP contribution < -0.4 is 19.5 Å². The quantitative estimate of drug-likeness (QED) is 0.523. The van der Waals surface area contributed by atoms with E-state index in [1.54, 1.807) is 18.2 Å². The molecule has 0 aliphatic heterocycles. The Labute approximate surface area is 153 Å². The van der Waals surface area contributed by atoms with Crippen LogP contribution >= 0.6 is 0 Å². The molecule has 0 aliphatic carbocycles. The zero-order chi connectivity index (χ0) is 18.8. The number of aldehydes is 1. The smallest absolute Gasteiger partial charge is 0.258 e. The SMILES string of the molecule is CCOc1cc(C=O)ccc1OCC(=O)NCCOc1cccc(C)c1. The third kappa shape index (κ3) is 6.12. The predicted molar refractivity (Wildman–Crippen MR) is 98.2 cm³/mol. The Balaban J connectivity index is 1.75. The van der Waals surface area contributed by atoms with Gasteiger partial charge in [0.25, 0.3) is 5.91 Å². The van der Waals surface area contributed by atoms with E-state index in [0.29, 0.717) is 36.8 Å². The van der Waals surface area contributed by atoms with Gasteiger partial charge in [-0.25, -0.2) is 0 Å². The first-order chi connectivity index (χ1) is 12.6. The van der Waals surface area contributed by atoms with Crippen LogP contribution in [0, 0.1) is 6.92 Å². The van der Waals surface area contributed by atoms with Gasteiger partial charge in [-0.2, -0.15) is 0 Å². The minimum absolute atomic E-state index is 0.148. The molecule has 1 amide bonds. The van der Waals surface area contributed by atoms with E-state index in [2.05, 4.69) is 5.32 Å². The average molecular weight is 357 g/mol.